The largest absolute Gasteiger partial charge is 0.341 e. The zero-order valence-corrected chi connectivity index (χ0v) is 14.1. The summed E-state index contributed by atoms with van der Waals surface area (Å²) in [5, 5.41) is 3.89. The van der Waals surface area contributed by atoms with Gasteiger partial charge in [0.15, 0.2) is 5.82 Å². The van der Waals surface area contributed by atoms with Crippen LogP contribution in [-0.2, 0) is 11.2 Å². The van der Waals surface area contributed by atoms with Gasteiger partial charge in [0, 0.05) is 13.1 Å². The molecule has 2 heterocycles. The molecule has 1 aliphatic carbocycles. The monoisotopic (exact) mass is 325 g/mol. The van der Waals surface area contributed by atoms with Crippen LogP contribution in [-0.4, -0.2) is 34.0 Å². The van der Waals surface area contributed by atoms with Gasteiger partial charge in [0.05, 0.1) is 11.8 Å². The molecule has 0 bridgehead atoms. The van der Waals surface area contributed by atoms with Crippen molar-refractivity contribution in [3.63, 3.8) is 0 Å². The molecule has 1 aromatic heterocycles. The molecular formula is C19H23N3O2. The second-order valence-corrected chi connectivity index (χ2v) is 6.95. The summed E-state index contributed by atoms with van der Waals surface area (Å²) in [5.41, 5.74) is 2.56. The van der Waals surface area contributed by atoms with Crippen LogP contribution in [0, 0.1) is 6.92 Å². The fraction of sp³-hybridized carbons (Fsp3) is 0.526. The highest BCUT2D eigenvalue weighted by atomic mass is 16.5. The molecular weight excluding hydrogens is 302 g/mol. The Morgan fingerprint density at radius 1 is 1.25 bits per heavy atom. The van der Waals surface area contributed by atoms with Crippen LogP contribution in [0.5, 0.6) is 0 Å². The summed E-state index contributed by atoms with van der Waals surface area (Å²) >= 11 is 0. The maximum atomic E-state index is 13.2. The molecule has 2 aliphatic rings. The molecule has 0 radical (unpaired) electrons. The molecule has 4 rings (SSSR count). The van der Waals surface area contributed by atoms with E-state index in [4.69, 9.17) is 4.52 Å². The Labute approximate surface area is 142 Å². The van der Waals surface area contributed by atoms with Gasteiger partial charge in [-0.3, -0.25) is 4.79 Å². The second kappa shape index (κ2) is 6.38. The van der Waals surface area contributed by atoms with E-state index >= 15 is 0 Å². The smallest absolute Gasteiger partial charge is 0.231 e. The zero-order valence-electron chi connectivity index (χ0n) is 14.1. The molecule has 5 nitrogen and oxygen atoms in total. The van der Waals surface area contributed by atoms with Gasteiger partial charge in [0.2, 0.25) is 11.8 Å². The number of piperidine rings is 1. The molecule has 1 saturated heterocycles. The third-order valence-electron chi connectivity index (χ3n) is 5.29. The van der Waals surface area contributed by atoms with Gasteiger partial charge in [-0.25, -0.2) is 0 Å². The molecule has 5 heteroatoms. The van der Waals surface area contributed by atoms with Gasteiger partial charge in [0.1, 0.15) is 0 Å². The lowest BCUT2D eigenvalue weighted by molar-refractivity contribution is -0.134. The molecule has 2 aromatic rings. The standard InChI is InChI=1S/C19H23N3O2/c1-13-20-18(24-21-13)15-8-5-11-22(12-15)19(23)17-10-4-7-14-6-2-3-9-16(14)17/h2-3,6,9,15,17H,4-5,7-8,10-12H2,1H3/t15-,17+/m0/s1. The van der Waals surface area contributed by atoms with Gasteiger partial charge in [-0.1, -0.05) is 29.4 Å². The van der Waals surface area contributed by atoms with E-state index in [1.165, 1.54) is 11.1 Å². The second-order valence-electron chi connectivity index (χ2n) is 6.95. The molecule has 126 valence electrons. The van der Waals surface area contributed by atoms with Crippen molar-refractivity contribution < 1.29 is 9.32 Å². The minimum absolute atomic E-state index is 0.0121. The number of carbonyl (C=O) groups is 1. The number of aryl methyl sites for hydroxylation is 2. The quantitative estimate of drug-likeness (QED) is 0.851. The van der Waals surface area contributed by atoms with Crippen molar-refractivity contribution in [1.29, 1.82) is 0 Å². The van der Waals surface area contributed by atoms with Crippen LogP contribution < -0.4 is 0 Å². The lowest BCUT2D eigenvalue weighted by atomic mass is 9.81. The van der Waals surface area contributed by atoms with Crippen LogP contribution in [0.4, 0.5) is 0 Å². The summed E-state index contributed by atoms with van der Waals surface area (Å²) in [4.78, 5) is 19.5. The van der Waals surface area contributed by atoms with Crippen molar-refractivity contribution in [3.8, 4) is 0 Å². The lowest BCUT2D eigenvalue weighted by Gasteiger charge is -2.35. The van der Waals surface area contributed by atoms with Crippen molar-refractivity contribution in [3.05, 3.63) is 47.1 Å². The Hall–Kier alpha value is -2.17. The number of hydrogen-bond acceptors (Lipinski definition) is 4. The van der Waals surface area contributed by atoms with Crippen LogP contribution in [0.2, 0.25) is 0 Å². The fourth-order valence-corrected chi connectivity index (χ4v) is 4.09. The first-order chi connectivity index (χ1) is 11.7. The van der Waals surface area contributed by atoms with Gasteiger partial charge < -0.3 is 9.42 Å². The van der Waals surface area contributed by atoms with E-state index < -0.39 is 0 Å². The highest BCUT2D eigenvalue weighted by molar-refractivity contribution is 5.84. The molecule has 2 atom stereocenters. The number of amides is 1. The summed E-state index contributed by atoms with van der Waals surface area (Å²) in [5.74, 6) is 1.78. The Bertz CT molecular complexity index is 740. The van der Waals surface area contributed by atoms with E-state index in [9.17, 15) is 4.79 Å². The van der Waals surface area contributed by atoms with E-state index in [-0.39, 0.29) is 17.7 Å². The van der Waals surface area contributed by atoms with Crippen LogP contribution >= 0.6 is 0 Å². The summed E-state index contributed by atoms with van der Waals surface area (Å²) in [7, 11) is 0. The maximum Gasteiger partial charge on any atom is 0.231 e. The van der Waals surface area contributed by atoms with Crippen molar-refractivity contribution in [2.24, 2.45) is 0 Å². The highest BCUT2D eigenvalue weighted by Gasteiger charge is 2.34. The highest BCUT2D eigenvalue weighted by Crippen LogP contribution is 2.35. The molecule has 24 heavy (non-hydrogen) atoms. The average Bonchev–Trinajstić information content (AvgIpc) is 3.07. The number of fused-ring (bicyclic) bond motifs is 1. The molecule has 0 spiro atoms. The Kier molecular flexibility index (Phi) is 4.08. The Balaban J connectivity index is 1.52. The molecule has 1 aromatic carbocycles. The predicted molar refractivity (Wildman–Crippen MR) is 89.7 cm³/mol. The summed E-state index contributed by atoms with van der Waals surface area (Å²) in [6, 6.07) is 8.40. The number of carbonyl (C=O) groups excluding carboxylic acids is 1. The van der Waals surface area contributed by atoms with Crippen LogP contribution in [0.15, 0.2) is 28.8 Å². The van der Waals surface area contributed by atoms with E-state index in [0.717, 1.165) is 38.6 Å². The van der Waals surface area contributed by atoms with Crippen molar-refractivity contribution in [2.75, 3.05) is 13.1 Å². The van der Waals surface area contributed by atoms with Gasteiger partial charge in [-0.15, -0.1) is 0 Å². The SMILES string of the molecule is Cc1noc([C@H]2CCCN(C(=O)[C@@H]3CCCc4ccccc43)C2)n1. The number of likely N-dealkylation sites (tertiary alicyclic amines) is 1. The number of nitrogens with zero attached hydrogens (tertiary/aromatic N) is 3. The number of benzene rings is 1. The number of aromatic nitrogens is 2. The minimum atomic E-state index is 0.0121. The van der Waals surface area contributed by atoms with Crippen LogP contribution in [0.25, 0.3) is 0 Å². The molecule has 1 fully saturated rings. The predicted octanol–water partition coefficient (Wildman–Crippen LogP) is 3.20. The summed E-state index contributed by atoms with van der Waals surface area (Å²) in [6.07, 6.45) is 5.13. The van der Waals surface area contributed by atoms with Crippen molar-refractivity contribution >= 4 is 5.91 Å². The van der Waals surface area contributed by atoms with Gasteiger partial charge in [-0.2, -0.15) is 4.98 Å². The lowest BCUT2D eigenvalue weighted by Crippen LogP contribution is -2.42. The molecule has 0 unspecified atom stereocenters. The van der Waals surface area contributed by atoms with Gasteiger partial charge >= 0.3 is 0 Å². The third-order valence-corrected chi connectivity index (χ3v) is 5.29. The van der Waals surface area contributed by atoms with Crippen LogP contribution in [0.3, 0.4) is 0 Å². The molecule has 1 amide bonds. The third kappa shape index (κ3) is 2.83. The first kappa shape index (κ1) is 15.4. The van der Waals surface area contributed by atoms with E-state index in [0.29, 0.717) is 18.3 Å². The van der Waals surface area contributed by atoms with Gasteiger partial charge in [0.25, 0.3) is 0 Å². The zero-order chi connectivity index (χ0) is 16.5. The van der Waals surface area contributed by atoms with E-state index in [2.05, 4.69) is 28.3 Å². The number of hydrogen-bond donors (Lipinski definition) is 0. The summed E-state index contributed by atoms with van der Waals surface area (Å²) < 4.78 is 5.33. The van der Waals surface area contributed by atoms with Gasteiger partial charge in [-0.05, 0) is 50.2 Å². The fourth-order valence-electron chi connectivity index (χ4n) is 4.09. The number of rotatable bonds is 2. The van der Waals surface area contributed by atoms with E-state index in [1.54, 1.807) is 0 Å². The van der Waals surface area contributed by atoms with Crippen molar-refractivity contribution in [1.82, 2.24) is 15.0 Å². The molecule has 0 N–H and O–H groups in total. The minimum Gasteiger partial charge on any atom is -0.341 e. The Morgan fingerprint density at radius 3 is 2.96 bits per heavy atom. The average molecular weight is 325 g/mol. The maximum absolute atomic E-state index is 13.2. The molecule has 0 saturated carbocycles. The molecule has 1 aliphatic heterocycles. The van der Waals surface area contributed by atoms with Crippen LogP contribution in [0.1, 0.15) is 60.4 Å². The first-order valence-corrected chi connectivity index (χ1v) is 8.89. The van der Waals surface area contributed by atoms with Crippen molar-refractivity contribution in [2.45, 2.75) is 50.9 Å². The normalized spacial score (nSPS) is 23.8. The summed E-state index contributed by atoms with van der Waals surface area (Å²) in [6.45, 7) is 3.36. The topological polar surface area (TPSA) is 59.2 Å². The van der Waals surface area contributed by atoms with E-state index in [1.807, 2.05) is 17.9 Å². The first-order valence-electron chi connectivity index (χ1n) is 8.89. The Morgan fingerprint density at radius 2 is 2.12 bits per heavy atom.